The Labute approximate surface area is 97.9 Å². The summed E-state index contributed by atoms with van der Waals surface area (Å²) in [4.78, 5) is 5.45. The molecule has 2 aromatic heterocycles. The van der Waals surface area contributed by atoms with Crippen molar-refractivity contribution in [2.75, 3.05) is 0 Å². The van der Waals surface area contributed by atoms with Gasteiger partial charge in [0.25, 0.3) is 0 Å². The molecule has 2 heterocycles. The van der Waals surface area contributed by atoms with E-state index in [-0.39, 0.29) is 0 Å². The lowest BCUT2D eigenvalue weighted by Crippen LogP contribution is -2.08. The van der Waals surface area contributed by atoms with Crippen LogP contribution in [0.25, 0.3) is 0 Å². The largest absolute Gasteiger partial charge is 0.393 e. The minimum absolute atomic E-state index is 0.393. The van der Waals surface area contributed by atoms with Gasteiger partial charge in [-0.15, -0.1) is 11.3 Å². The minimum Gasteiger partial charge on any atom is -0.393 e. The molecule has 2 aromatic rings. The van der Waals surface area contributed by atoms with E-state index in [1.807, 2.05) is 24.4 Å². The highest BCUT2D eigenvalue weighted by molar-refractivity contribution is 7.09. The number of aliphatic hydroxyl groups excluding tert-OH is 1. The van der Waals surface area contributed by atoms with Gasteiger partial charge in [0.05, 0.1) is 12.5 Å². The SMILES string of the molecule is CCC(O)Cc1nc(Cc2cccs2)no1. The highest BCUT2D eigenvalue weighted by atomic mass is 32.1. The number of nitrogens with zero attached hydrogens (tertiary/aromatic N) is 2. The van der Waals surface area contributed by atoms with E-state index in [4.69, 9.17) is 4.52 Å². The molecule has 1 N–H and O–H groups in total. The fourth-order valence-corrected chi connectivity index (χ4v) is 2.06. The van der Waals surface area contributed by atoms with Crippen LogP contribution in [-0.2, 0) is 12.8 Å². The quantitative estimate of drug-likeness (QED) is 0.866. The zero-order valence-electron chi connectivity index (χ0n) is 9.09. The first-order valence-corrected chi connectivity index (χ1v) is 6.17. The van der Waals surface area contributed by atoms with Crippen molar-refractivity contribution in [3.05, 3.63) is 34.1 Å². The van der Waals surface area contributed by atoms with E-state index in [9.17, 15) is 5.11 Å². The number of hydrogen-bond donors (Lipinski definition) is 1. The third-order valence-electron chi connectivity index (χ3n) is 2.30. The molecule has 0 saturated heterocycles. The number of rotatable bonds is 5. The van der Waals surface area contributed by atoms with Crippen LogP contribution in [0.4, 0.5) is 0 Å². The normalized spacial score (nSPS) is 12.9. The van der Waals surface area contributed by atoms with Gasteiger partial charge in [0, 0.05) is 11.3 Å². The van der Waals surface area contributed by atoms with E-state index < -0.39 is 6.10 Å². The number of thiophene rings is 1. The highest BCUT2D eigenvalue weighted by Gasteiger charge is 2.11. The molecule has 86 valence electrons. The first kappa shape index (κ1) is 11.3. The van der Waals surface area contributed by atoms with Crippen LogP contribution < -0.4 is 0 Å². The van der Waals surface area contributed by atoms with Crippen molar-refractivity contribution in [3.8, 4) is 0 Å². The molecule has 0 amide bonds. The molecule has 1 unspecified atom stereocenters. The summed E-state index contributed by atoms with van der Waals surface area (Å²) in [6, 6.07) is 4.05. The molecule has 0 bridgehead atoms. The molecule has 0 radical (unpaired) electrons. The molecule has 2 rings (SSSR count). The van der Waals surface area contributed by atoms with Crippen molar-refractivity contribution in [2.45, 2.75) is 32.3 Å². The molecule has 0 fully saturated rings. The number of aliphatic hydroxyl groups is 1. The van der Waals surface area contributed by atoms with Gasteiger partial charge in [0.1, 0.15) is 0 Å². The fourth-order valence-electron chi connectivity index (χ4n) is 1.36. The van der Waals surface area contributed by atoms with Gasteiger partial charge >= 0.3 is 0 Å². The molecule has 16 heavy (non-hydrogen) atoms. The third kappa shape index (κ3) is 2.90. The molecule has 0 aliphatic rings. The van der Waals surface area contributed by atoms with Gasteiger partial charge in [-0.1, -0.05) is 18.1 Å². The molecular weight excluding hydrogens is 224 g/mol. The van der Waals surface area contributed by atoms with E-state index >= 15 is 0 Å². The molecule has 0 aromatic carbocycles. The summed E-state index contributed by atoms with van der Waals surface area (Å²) in [6.07, 6.45) is 1.44. The standard InChI is InChI=1S/C11H14N2O2S/c1-2-8(14)6-11-12-10(13-15-11)7-9-4-3-5-16-9/h3-5,8,14H,2,6-7H2,1H3. The molecule has 0 aliphatic heterocycles. The van der Waals surface area contributed by atoms with Gasteiger partial charge in [-0.2, -0.15) is 4.98 Å². The summed E-state index contributed by atoms with van der Waals surface area (Å²) in [6.45, 7) is 1.92. The first-order valence-electron chi connectivity index (χ1n) is 5.30. The van der Waals surface area contributed by atoms with E-state index in [0.717, 1.165) is 0 Å². The fraction of sp³-hybridized carbons (Fsp3) is 0.455. The Morgan fingerprint density at radius 1 is 1.56 bits per heavy atom. The van der Waals surface area contributed by atoms with Gasteiger partial charge in [0.2, 0.25) is 5.89 Å². The summed E-state index contributed by atoms with van der Waals surface area (Å²) < 4.78 is 5.07. The maximum Gasteiger partial charge on any atom is 0.229 e. The Balaban J connectivity index is 1.97. The average molecular weight is 238 g/mol. The maximum absolute atomic E-state index is 9.45. The van der Waals surface area contributed by atoms with E-state index in [1.54, 1.807) is 11.3 Å². The predicted octanol–water partition coefficient (Wildman–Crippen LogP) is 2.04. The second-order valence-corrected chi connectivity index (χ2v) is 4.66. The van der Waals surface area contributed by atoms with Gasteiger partial charge in [0.15, 0.2) is 5.82 Å². The lowest BCUT2D eigenvalue weighted by Gasteiger charge is -2.01. The van der Waals surface area contributed by atoms with Crippen molar-refractivity contribution in [2.24, 2.45) is 0 Å². The number of aromatic nitrogens is 2. The van der Waals surface area contributed by atoms with E-state index in [2.05, 4.69) is 10.1 Å². The van der Waals surface area contributed by atoms with Gasteiger partial charge in [-0.05, 0) is 17.9 Å². The predicted molar refractivity (Wildman–Crippen MR) is 61.4 cm³/mol. The van der Waals surface area contributed by atoms with Crippen LogP contribution in [0.15, 0.2) is 22.0 Å². The van der Waals surface area contributed by atoms with Crippen LogP contribution in [0.1, 0.15) is 29.9 Å². The van der Waals surface area contributed by atoms with Crippen molar-refractivity contribution in [1.29, 1.82) is 0 Å². The molecular formula is C11H14N2O2S. The van der Waals surface area contributed by atoms with Crippen LogP contribution in [-0.4, -0.2) is 21.4 Å². The van der Waals surface area contributed by atoms with Crippen molar-refractivity contribution >= 4 is 11.3 Å². The Kier molecular flexibility index (Phi) is 3.69. The summed E-state index contributed by atoms with van der Waals surface area (Å²) in [5, 5.41) is 15.4. The number of hydrogen-bond acceptors (Lipinski definition) is 5. The zero-order valence-corrected chi connectivity index (χ0v) is 9.91. The Morgan fingerprint density at radius 3 is 3.12 bits per heavy atom. The molecule has 4 nitrogen and oxygen atoms in total. The van der Waals surface area contributed by atoms with Gasteiger partial charge in [-0.25, -0.2) is 0 Å². The Hall–Kier alpha value is -1.20. The summed E-state index contributed by atoms with van der Waals surface area (Å²) >= 11 is 1.67. The molecule has 0 spiro atoms. The van der Waals surface area contributed by atoms with Crippen LogP contribution in [0, 0.1) is 0 Å². The van der Waals surface area contributed by atoms with E-state index in [0.29, 0.717) is 31.0 Å². The minimum atomic E-state index is -0.393. The smallest absolute Gasteiger partial charge is 0.229 e. The van der Waals surface area contributed by atoms with Gasteiger partial charge < -0.3 is 9.63 Å². The highest BCUT2D eigenvalue weighted by Crippen LogP contribution is 2.13. The maximum atomic E-state index is 9.45. The van der Waals surface area contributed by atoms with Crippen LogP contribution in [0.2, 0.25) is 0 Å². The second-order valence-electron chi connectivity index (χ2n) is 3.63. The lowest BCUT2D eigenvalue weighted by atomic mass is 10.2. The van der Waals surface area contributed by atoms with Crippen molar-refractivity contribution < 1.29 is 9.63 Å². The van der Waals surface area contributed by atoms with E-state index in [1.165, 1.54) is 4.88 Å². The molecule has 5 heteroatoms. The Bertz CT molecular complexity index is 425. The summed E-state index contributed by atoms with van der Waals surface area (Å²) in [7, 11) is 0. The van der Waals surface area contributed by atoms with Crippen molar-refractivity contribution in [3.63, 3.8) is 0 Å². The molecule has 0 aliphatic carbocycles. The average Bonchev–Trinajstić information content (AvgIpc) is 2.91. The molecule has 0 saturated carbocycles. The van der Waals surface area contributed by atoms with Gasteiger partial charge in [-0.3, -0.25) is 0 Å². The molecule has 1 atom stereocenters. The topological polar surface area (TPSA) is 59.2 Å². The zero-order chi connectivity index (χ0) is 11.4. The van der Waals surface area contributed by atoms with Crippen LogP contribution in [0.5, 0.6) is 0 Å². The van der Waals surface area contributed by atoms with Crippen molar-refractivity contribution in [1.82, 2.24) is 10.1 Å². The van der Waals surface area contributed by atoms with Crippen LogP contribution >= 0.6 is 11.3 Å². The first-order chi connectivity index (χ1) is 7.78. The summed E-state index contributed by atoms with van der Waals surface area (Å²) in [5.41, 5.74) is 0. The lowest BCUT2D eigenvalue weighted by molar-refractivity contribution is 0.158. The third-order valence-corrected chi connectivity index (χ3v) is 3.18. The Morgan fingerprint density at radius 2 is 2.44 bits per heavy atom. The second kappa shape index (κ2) is 5.23. The van der Waals surface area contributed by atoms with Crippen LogP contribution in [0.3, 0.4) is 0 Å². The monoisotopic (exact) mass is 238 g/mol. The summed E-state index contributed by atoms with van der Waals surface area (Å²) in [5.74, 6) is 1.20.